The molecule has 0 aromatic rings. The highest BCUT2D eigenvalue weighted by atomic mass is 28.4. The van der Waals surface area contributed by atoms with Gasteiger partial charge in [0, 0.05) is 5.92 Å². The largest absolute Gasteiger partial charge is 0.412 e. The number of ether oxygens (including phenoxy) is 2. The van der Waals surface area contributed by atoms with E-state index in [1.165, 1.54) is 0 Å². The van der Waals surface area contributed by atoms with Crippen molar-refractivity contribution in [2.24, 2.45) is 5.92 Å². The zero-order valence-electron chi connectivity index (χ0n) is 18.4. The summed E-state index contributed by atoms with van der Waals surface area (Å²) in [4.78, 5) is 0. The Morgan fingerprint density at radius 2 is 1.58 bits per heavy atom. The van der Waals surface area contributed by atoms with E-state index in [-0.39, 0.29) is 24.7 Å². The van der Waals surface area contributed by atoms with Gasteiger partial charge in [-0.1, -0.05) is 60.6 Å². The summed E-state index contributed by atoms with van der Waals surface area (Å²) in [7, 11) is -1.99. The van der Waals surface area contributed by atoms with Crippen molar-refractivity contribution in [3.63, 3.8) is 0 Å². The molecule has 5 heteroatoms. The monoisotopic (exact) mass is 386 g/mol. The van der Waals surface area contributed by atoms with E-state index in [1.807, 2.05) is 26.0 Å². The summed E-state index contributed by atoms with van der Waals surface area (Å²) in [6.45, 7) is 20.7. The van der Waals surface area contributed by atoms with Crippen LogP contribution in [0.3, 0.4) is 0 Å². The molecule has 0 aromatic heterocycles. The Kier molecular flexibility index (Phi) is 9.01. The van der Waals surface area contributed by atoms with Crippen LogP contribution in [-0.4, -0.2) is 44.6 Å². The predicted molar refractivity (Wildman–Crippen MR) is 111 cm³/mol. The summed E-state index contributed by atoms with van der Waals surface area (Å²) < 4.78 is 19.0. The fourth-order valence-corrected chi connectivity index (χ4v) is 10.2. The van der Waals surface area contributed by atoms with Crippen molar-refractivity contribution in [1.82, 2.24) is 0 Å². The van der Waals surface area contributed by atoms with Crippen molar-refractivity contribution in [1.29, 1.82) is 0 Å². The van der Waals surface area contributed by atoms with Crippen molar-refractivity contribution in [3.05, 3.63) is 12.2 Å². The lowest BCUT2D eigenvalue weighted by atomic mass is 9.96. The minimum atomic E-state index is -1.99. The Labute approximate surface area is 162 Å². The Morgan fingerprint density at radius 3 is 1.96 bits per heavy atom. The first-order chi connectivity index (χ1) is 12.0. The molecule has 4 nitrogen and oxygen atoms in total. The second-order valence-electron chi connectivity index (χ2n) is 9.09. The first kappa shape index (κ1) is 23.8. The number of aliphatic hydroxyl groups excluding tert-OH is 1. The molecule has 0 unspecified atom stereocenters. The molecule has 0 aromatic carbocycles. The number of hydrogen-bond acceptors (Lipinski definition) is 4. The fourth-order valence-electron chi connectivity index (χ4n) is 4.56. The maximum Gasteiger partial charge on any atom is 0.200 e. The predicted octanol–water partition coefficient (Wildman–Crippen LogP) is 5.27. The molecule has 0 radical (unpaired) electrons. The molecule has 1 aliphatic rings. The first-order valence-corrected chi connectivity index (χ1v) is 12.4. The molecule has 1 rings (SSSR count). The summed E-state index contributed by atoms with van der Waals surface area (Å²) in [5.41, 5.74) is 1.61. The van der Waals surface area contributed by atoms with Crippen molar-refractivity contribution < 1.29 is 19.0 Å². The van der Waals surface area contributed by atoms with Gasteiger partial charge in [-0.25, -0.2) is 0 Å². The molecule has 0 spiro atoms. The van der Waals surface area contributed by atoms with Crippen molar-refractivity contribution in [2.75, 3.05) is 13.2 Å². The van der Waals surface area contributed by atoms with E-state index in [1.54, 1.807) is 0 Å². The standard InChI is InChI=1S/C21H42O4Si/c1-15(2)26(16(3)4,17(5)6)25-19(12-10-11-13-22)18(7)20-14-23-21(8,9)24-20/h10-11,15-20,22H,12-14H2,1-9H3/b11-10+/t18-,19+,20-/m1/s1. The van der Waals surface area contributed by atoms with Crippen LogP contribution in [0.15, 0.2) is 12.2 Å². The van der Waals surface area contributed by atoms with Crippen molar-refractivity contribution in [2.45, 2.75) is 103 Å². The number of hydrogen-bond donors (Lipinski definition) is 1. The third kappa shape index (κ3) is 5.65. The van der Waals surface area contributed by atoms with Crippen molar-refractivity contribution >= 4 is 8.32 Å². The lowest BCUT2D eigenvalue weighted by Gasteiger charge is -2.46. The Morgan fingerprint density at radius 1 is 1.04 bits per heavy atom. The van der Waals surface area contributed by atoms with Gasteiger partial charge in [-0.3, -0.25) is 0 Å². The third-order valence-electron chi connectivity index (χ3n) is 5.91. The van der Waals surface area contributed by atoms with Crippen molar-refractivity contribution in [3.8, 4) is 0 Å². The topological polar surface area (TPSA) is 47.9 Å². The minimum Gasteiger partial charge on any atom is -0.412 e. The van der Waals surface area contributed by atoms with Gasteiger partial charge >= 0.3 is 0 Å². The molecular weight excluding hydrogens is 344 g/mol. The van der Waals surface area contributed by atoms with Crippen LogP contribution in [0.2, 0.25) is 16.6 Å². The maximum atomic E-state index is 9.13. The molecule has 1 aliphatic heterocycles. The van der Waals surface area contributed by atoms with Crippen LogP contribution in [0.1, 0.15) is 68.7 Å². The molecule has 3 atom stereocenters. The zero-order chi connectivity index (χ0) is 20.1. The first-order valence-electron chi connectivity index (χ1n) is 10.2. The van der Waals surface area contributed by atoms with Gasteiger partial charge < -0.3 is 19.0 Å². The van der Waals surface area contributed by atoms with Crippen LogP contribution < -0.4 is 0 Å². The van der Waals surface area contributed by atoms with Gasteiger partial charge in [-0.15, -0.1) is 0 Å². The molecule has 0 aliphatic carbocycles. The molecule has 0 bridgehead atoms. The van der Waals surface area contributed by atoms with Gasteiger partial charge in [0.1, 0.15) is 0 Å². The van der Waals surface area contributed by atoms with Crippen LogP contribution in [-0.2, 0) is 13.9 Å². The Bertz CT molecular complexity index is 424. The maximum absolute atomic E-state index is 9.13. The van der Waals surface area contributed by atoms with Gasteiger partial charge in [0.2, 0.25) is 8.32 Å². The number of aliphatic hydroxyl groups is 1. The van der Waals surface area contributed by atoms with Gasteiger partial charge in [0.25, 0.3) is 0 Å². The van der Waals surface area contributed by atoms with Crippen LogP contribution in [0.25, 0.3) is 0 Å². The summed E-state index contributed by atoms with van der Waals surface area (Å²) in [5, 5.41) is 9.13. The van der Waals surface area contributed by atoms with E-state index in [4.69, 9.17) is 19.0 Å². The van der Waals surface area contributed by atoms with E-state index < -0.39 is 14.1 Å². The van der Waals surface area contributed by atoms with Crippen LogP contribution in [0.4, 0.5) is 0 Å². The Hall–Kier alpha value is -0.203. The van der Waals surface area contributed by atoms with Crippen LogP contribution >= 0.6 is 0 Å². The van der Waals surface area contributed by atoms with Gasteiger partial charge in [-0.2, -0.15) is 0 Å². The molecule has 26 heavy (non-hydrogen) atoms. The molecule has 154 valence electrons. The van der Waals surface area contributed by atoms with E-state index in [0.29, 0.717) is 23.2 Å². The Balaban J connectivity index is 3.09. The fraction of sp³-hybridized carbons (Fsp3) is 0.905. The van der Waals surface area contributed by atoms with Gasteiger partial charge in [0.05, 0.1) is 25.4 Å². The average molecular weight is 387 g/mol. The summed E-state index contributed by atoms with van der Waals surface area (Å²) >= 11 is 0. The lowest BCUT2D eigenvalue weighted by Crippen LogP contribution is -2.52. The second-order valence-corrected chi connectivity index (χ2v) is 14.5. The van der Waals surface area contributed by atoms with Crippen LogP contribution in [0, 0.1) is 5.92 Å². The molecule has 1 saturated heterocycles. The van der Waals surface area contributed by atoms with Gasteiger partial charge in [-0.05, 0) is 36.9 Å². The third-order valence-corrected chi connectivity index (χ3v) is 12.0. The summed E-state index contributed by atoms with van der Waals surface area (Å²) in [6.07, 6.45) is 4.75. The quantitative estimate of drug-likeness (QED) is 0.410. The molecule has 1 N–H and O–H groups in total. The summed E-state index contributed by atoms with van der Waals surface area (Å²) in [5.74, 6) is -0.296. The molecular formula is C21H42O4Si. The molecule has 1 heterocycles. The smallest absolute Gasteiger partial charge is 0.200 e. The highest BCUT2D eigenvalue weighted by Gasteiger charge is 2.48. The molecule has 1 fully saturated rings. The van der Waals surface area contributed by atoms with E-state index in [2.05, 4.69) is 48.5 Å². The SMILES string of the molecule is CC(C)[Si](O[C@@H](C/C=C/CO)[C@@H](C)[C@H]1COC(C)(C)O1)(C(C)C)C(C)C. The normalized spacial score (nSPS) is 23.5. The summed E-state index contributed by atoms with van der Waals surface area (Å²) in [6, 6.07) is 0. The highest BCUT2D eigenvalue weighted by molar-refractivity contribution is 6.77. The zero-order valence-corrected chi connectivity index (χ0v) is 19.4. The van der Waals surface area contributed by atoms with E-state index in [9.17, 15) is 0 Å². The molecule has 0 amide bonds. The van der Waals surface area contributed by atoms with Gasteiger partial charge in [0.15, 0.2) is 5.79 Å². The lowest BCUT2D eigenvalue weighted by molar-refractivity contribution is -0.148. The van der Waals surface area contributed by atoms with Crippen LogP contribution in [0.5, 0.6) is 0 Å². The number of rotatable bonds is 10. The average Bonchev–Trinajstić information content (AvgIpc) is 2.89. The van der Waals surface area contributed by atoms with E-state index in [0.717, 1.165) is 6.42 Å². The van der Waals surface area contributed by atoms with E-state index >= 15 is 0 Å². The highest BCUT2D eigenvalue weighted by Crippen LogP contribution is 2.44. The second kappa shape index (κ2) is 9.83. The molecule has 0 saturated carbocycles. The minimum absolute atomic E-state index is 0.0377.